The van der Waals surface area contributed by atoms with Crippen LogP contribution in [0.15, 0.2) is 34.5 Å². The lowest BCUT2D eigenvalue weighted by Gasteiger charge is -2.07. The van der Waals surface area contributed by atoms with Crippen molar-refractivity contribution in [1.82, 2.24) is 0 Å². The quantitative estimate of drug-likeness (QED) is 0.668. The molecular weight excluding hydrogens is 294 g/mol. The molecule has 0 aliphatic rings. The van der Waals surface area contributed by atoms with Crippen LogP contribution >= 0.6 is 23.1 Å². The molecule has 1 heterocycles. The van der Waals surface area contributed by atoms with Gasteiger partial charge in [-0.3, -0.25) is 0 Å². The average molecular weight is 309 g/mol. The summed E-state index contributed by atoms with van der Waals surface area (Å²) in [6.07, 6.45) is 1.98. The second-order valence-electron chi connectivity index (χ2n) is 3.86. The lowest BCUT2D eigenvalue weighted by atomic mass is 10.3. The molecule has 1 N–H and O–H groups in total. The fourth-order valence-electron chi connectivity index (χ4n) is 1.64. The number of carbonyl (C=O) groups is 1. The van der Waals surface area contributed by atoms with Crippen molar-refractivity contribution in [3.63, 3.8) is 0 Å². The first-order chi connectivity index (χ1) is 9.67. The van der Waals surface area contributed by atoms with Crippen LogP contribution in [0.25, 0.3) is 0 Å². The zero-order valence-corrected chi connectivity index (χ0v) is 13.1. The molecule has 2 rings (SSSR count). The van der Waals surface area contributed by atoms with Gasteiger partial charge in [-0.2, -0.15) is 0 Å². The van der Waals surface area contributed by atoms with Crippen molar-refractivity contribution in [3.8, 4) is 5.75 Å². The third kappa shape index (κ3) is 3.26. The molecule has 4 nitrogen and oxygen atoms in total. The van der Waals surface area contributed by atoms with E-state index in [4.69, 9.17) is 9.47 Å². The van der Waals surface area contributed by atoms with Gasteiger partial charge in [-0.05, 0) is 36.6 Å². The number of thioether (sulfide) groups is 1. The molecule has 0 radical (unpaired) electrons. The Morgan fingerprint density at radius 3 is 2.50 bits per heavy atom. The highest BCUT2D eigenvalue weighted by Gasteiger charge is 2.14. The SMILES string of the molecule is COC(=O)c1cc(Nc2ccc(OC)cc2)c(SC)s1. The fraction of sp³-hybridized carbons (Fsp3) is 0.214. The summed E-state index contributed by atoms with van der Waals surface area (Å²) in [5.41, 5.74) is 1.85. The van der Waals surface area contributed by atoms with Crippen LogP contribution in [0.4, 0.5) is 11.4 Å². The smallest absolute Gasteiger partial charge is 0.348 e. The predicted molar refractivity (Wildman–Crippen MR) is 83.7 cm³/mol. The summed E-state index contributed by atoms with van der Waals surface area (Å²) >= 11 is 3.01. The Labute approximate surface area is 126 Å². The molecule has 2 aromatic rings. The van der Waals surface area contributed by atoms with Crippen molar-refractivity contribution in [3.05, 3.63) is 35.2 Å². The normalized spacial score (nSPS) is 10.2. The van der Waals surface area contributed by atoms with Crippen LogP contribution in [0, 0.1) is 0 Å². The number of esters is 1. The van der Waals surface area contributed by atoms with Crippen molar-refractivity contribution in [2.24, 2.45) is 0 Å². The Bertz CT molecular complexity index is 593. The molecule has 0 unspecified atom stereocenters. The van der Waals surface area contributed by atoms with Crippen molar-refractivity contribution < 1.29 is 14.3 Å². The van der Waals surface area contributed by atoms with Gasteiger partial charge in [-0.15, -0.1) is 23.1 Å². The number of carbonyl (C=O) groups excluding carboxylic acids is 1. The minimum atomic E-state index is -0.312. The van der Waals surface area contributed by atoms with Crippen molar-refractivity contribution in [2.75, 3.05) is 25.8 Å². The first-order valence-electron chi connectivity index (χ1n) is 5.85. The van der Waals surface area contributed by atoms with E-state index in [-0.39, 0.29) is 5.97 Å². The summed E-state index contributed by atoms with van der Waals surface area (Å²) in [5.74, 6) is 0.495. The number of benzene rings is 1. The average Bonchev–Trinajstić information content (AvgIpc) is 2.90. The van der Waals surface area contributed by atoms with E-state index in [0.29, 0.717) is 4.88 Å². The van der Waals surface area contributed by atoms with Crippen molar-refractivity contribution in [2.45, 2.75) is 4.21 Å². The van der Waals surface area contributed by atoms with Gasteiger partial charge in [0.05, 0.1) is 24.1 Å². The summed E-state index contributed by atoms with van der Waals surface area (Å²) < 4.78 is 10.9. The Hall–Kier alpha value is -1.66. The number of rotatable bonds is 5. The number of ether oxygens (including phenoxy) is 2. The predicted octanol–water partition coefficient (Wildman–Crippen LogP) is 4.01. The maximum absolute atomic E-state index is 11.6. The summed E-state index contributed by atoms with van der Waals surface area (Å²) in [4.78, 5) is 12.2. The Kier molecular flexibility index (Phi) is 4.92. The largest absolute Gasteiger partial charge is 0.497 e. The molecule has 106 valence electrons. The lowest BCUT2D eigenvalue weighted by molar-refractivity contribution is 0.0606. The summed E-state index contributed by atoms with van der Waals surface area (Å²) in [5, 5.41) is 3.30. The van der Waals surface area contributed by atoms with E-state index in [1.165, 1.54) is 18.4 Å². The van der Waals surface area contributed by atoms with Gasteiger partial charge in [-0.25, -0.2) is 4.79 Å². The van der Waals surface area contributed by atoms with Crippen LogP contribution in [0.5, 0.6) is 5.75 Å². The Balaban J connectivity index is 2.22. The molecule has 6 heteroatoms. The second-order valence-corrected chi connectivity index (χ2v) is 5.99. The summed E-state index contributed by atoms with van der Waals surface area (Å²) in [7, 11) is 3.02. The maximum atomic E-state index is 11.6. The van der Waals surface area contributed by atoms with Crippen LogP contribution in [-0.4, -0.2) is 26.4 Å². The van der Waals surface area contributed by atoms with Gasteiger partial charge in [0, 0.05) is 5.69 Å². The highest BCUT2D eigenvalue weighted by molar-refractivity contribution is 8.00. The molecule has 0 spiro atoms. The number of thiophene rings is 1. The maximum Gasteiger partial charge on any atom is 0.348 e. The minimum Gasteiger partial charge on any atom is -0.497 e. The van der Waals surface area contributed by atoms with Gasteiger partial charge in [0.15, 0.2) is 0 Å². The molecule has 1 aromatic heterocycles. The first-order valence-corrected chi connectivity index (χ1v) is 7.89. The molecule has 0 bridgehead atoms. The molecule has 0 aliphatic heterocycles. The van der Waals surface area contributed by atoms with E-state index in [2.05, 4.69) is 5.32 Å². The number of methoxy groups -OCH3 is 2. The number of hydrogen-bond acceptors (Lipinski definition) is 6. The van der Waals surface area contributed by atoms with E-state index >= 15 is 0 Å². The van der Waals surface area contributed by atoms with E-state index in [1.54, 1.807) is 18.9 Å². The third-order valence-corrected chi connectivity index (χ3v) is 4.89. The van der Waals surface area contributed by atoms with Crippen LogP contribution in [0.3, 0.4) is 0 Å². The van der Waals surface area contributed by atoms with E-state index in [0.717, 1.165) is 21.3 Å². The van der Waals surface area contributed by atoms with E-state index in [9.17, 15) is 4.79 Å². The molecule has 0 atom stereocenters. The number of hydrogen-bond donors (Lipinski definition) is 1. The van der Waals surface area contributed by atoms with Crippen molar-refractivity contribution in [1.29, 1.82) is 0 Å². The lowest BCUT2D eigenvalue weighted by Crippen LogP contribution is -1.97. The third-order valence-electron chi connectivity index (χ3n) is 2.64. The molecule has 0 fully saturated rings. The Morgan fingerprint density at radius 2 is 1.95 bits per heavy atom. The molecule has 0 aliphatic carbocycles. The van der Waals surface area contributed by atoms with Crippen molar-refractivity contribution >= 4 is 40.4 Å². The second kappa shape index (κ2) is 6.67. The fourth-order valence-corrected chi connectivity index (χ4v) is 3.34. The van der Waals surface area contributed by atoms with Crippen LogP contribution in [0.2, 0.25) is 0 Å². The zero-order valence-electron chi connectivity index (χ0n) is 11.4. The first kappa shape index (κ1) is 14.7. The van der Waals surface area contributed by atoms with Crippen LogP contribution in [0.1, 0.15) is 9.67 Å². The zero-order chi connectivity index (χ0) is 14.5. The van der Waals surface area contributed by atoms with Gasteiger partial charge in [-0.1, -0.05) is 0 Å². The number of nitrogens with one attached hydrogen (secondary N) is 1. The highest BCUT2D eigenvalue weighted by atomic mass is 32.2. The number of anilines is 2. The summed E-state index contributed by atoms with van der Waals surface area (Å²) in [6, 6.07) is 9.44. The van der Waals surface area contributed by atoms with Gasteiger partial charge < -0.3 is 14.8 Å². The molecule has 20 heavy (non-hydrogen) atoms. The molecule has 1 aromatic carbocycles. The van der Waals surface area contributed by atoms with Crippen LogP contribution in [-0.2, 0) is 4.74 Å². The standard InChI is InChI=1S/C14H15NO3S2/c1-17-10-6-4-9(5-7-10)15-11-8-12(13(16)18-2)20-14(11)19-3/h4-8,15H,1-3H3. The van der Waals surface area contributed by atoms with Gasteiger partial charge >= 0.3 is 5.97 Å². The summed E-state index contributed by atoms with van der Waals surface area (Å²) in [6.45, 7) is 0. The molecular formula is C14H15NO3S2. The molecule has 0 amide bonds. The van der Waals surface area contributed by atoms with Gasteiger partial charge in [0.1, 0.15) is 10.6 Å². The molecule has 0 saturated carbocycles. The minimum absolute atomic E-state index is 0.312. The molecule has 0 saturated heterocycles. The topological polar surface area (TPSA) is 47.6 Å². The monoisotopic (exact) mass is 309 g/mol. The van der Waals surface area contributed by atoms with E-state index < -0.39 is 0 Å². The van der Waals surface area contributed by atoms with Gasteiger partial charge in [0.2, 0.25) is 0 Å². The Morgan fingerprint density at radius 1 is 1.25 bits per heavy atom. The van der Waals surface area contributed by atoms with Crippen LogP contribution < -0.4 is 10.1 Å². The van der Waals surface area contributed by atoms with Gasteiger partial charge in [0.25, 0.3) is 0 Å². The highest BCUT2D eigenvalue weighted by Crippen LogP contribution is 2.37. The van der Waals surface area contributed by atoms with E-state index in [1.807, 2.05) is 36.6 Å².